The normalized spacial score (nSPS) is 17.5. The minimum Gasteiger partial charge on any atom is -0.503 e. The third kappa shape index (κ3) is 8.34. The first-order valence-corrected chi connectivity index (χ1v) is 17.7. The van der Waals surface area contributed by atoms with E-state index in [2.05, 4.69) is 20.4 Å². The zero-order valence-corrected chi connectivity index (χ0v) is 29.9. The molecule has 1 fully saturated rings. The van der Waals surface area contributed by atoms with Crippen LogP contribution in [0.4, 0.5) is 16.6 Å². The van der Waals surface area contributed by atoms with Crippen molar-refractivity contribution < 1.29 is 53.9 Å². The molecule has 3 atom stereocenters. The number of carbonyl (C=O) groups excluding carboxylic acids is 3. The minimum absolute atomic E-state index is 0.00368. The molecule has 5 heterocycles. The highest BCUT2D eigenvalue weighted by Gasteiger charge is 2.54. The van der Waals surface area contributed by atoms with Gasteiger partial charge < -0.3 is 42.1 Å². The highest BCUT2D eigenvalue weighted by molar-refractivity contribution is 8.00. The number of aromatic hydroxyl groups is 1. The van der Waals surface area contributed by atoms with Gasteiger partial charge in [-0.1, -0.05) is 28.1 Å². The van der Waals surface area contributed by atoms with Gasteiger partial charge in [0.1, 0.15) is 39.9 Å². The number of aromatic nitrogens is 4. The number of fused-ring (bicyclic) bond motifs is 1. The highest BCUT2D eigenvalue weighted by Crippen LogP contribution is 2.45. The molecule has 280 valence electrons. The maximum Gasteiger partial charge on any atom is 0.352 e. The fraction of sp³-hybridized carbons (Fsp3) is 0.333. The van der Waals surface area contributed by atoms with Crippen molar-refractivity contribution in [3.63, 3.8) is 0 Å². The van der Waals surface area contributed by atoms with Crippen LogP contribution in [-0.2, 0) is 30.6 Å². The average molecular weight is 793 g/mol. The summed E-state index contributed by atoms with van der Waals surface area (Å²) in [7, 11) is 0. The molecule has 2 aliphatic heterocycles. The molecule has 23 heteroatoms. The number of Topliss-reactive ketones (excluding diaryl/α,β-unsaturated/α-hetero) is 2. The summed E-state index contributed by atoms with van der Waals surface area (Å²) in [6, 6.07) is 0.831. The van der Waals surface area contributed by atoms with E-state index in [0.29, 0.717) is 16.0 Å². The minimum atomic E-state index is -1.43. The average Bonchev–Trinajstić information content (AvgIpc) is 3.44. The van der Waals surface area contributed by atoms with Gasteiger partial charge in [0.05, 0.1) is 17.5 Å². The fourth-order valence-electron chi connectivity index (χ4n) is 5.34. The molecule has 1 amide bonds. The first-order valence-electron chi connectivity index (χ1n) is 15.5. The third-order valence-electron chi connectivity index (χ3n) is 7.99. The summed E-state index contributed by atoms with van der Waals surface area (Å²) in [5.74, 6) is -6.01. The number of carboxylic acids is 2. The SMILES string of the molecule is C[C@H](O/N=C(\C(=O)C[C@@H]1C(=O)N2C(C(=O)O)=C(C[n+]3cnc(N)c(NCCCC(=O)c4cc(=O)c(O)cn4O)c3)CSC12)c1nc(N)sc1Cl)C(=O)O. The highest BCUT2D eigenvalue weighted by atomic mass is 35.5. The van der Waals surface area contributed by atoms with E-state index in [4.69, 9.17) is 33.0 Å². The molecule has 5 rings (SSSR count). The van der Waals surface area contributed by atoms with Gasteiger partial charge in [-0.05, 0) is 18.3 Å². The lowest BCUT2D eigenvalue weighted by Gasteiger charge is -2.49. The van der Waals surface area contributed by atoms with E-state index < -0.39 is 70.1 Å². The first kappa shape index (κ1) is 38.5. The summed E-state index contributed by atoms with van der Waals surface area (Å²) in [5.41, 5.74) is 10.5. The number of aliphatic carboxylic acids is 2. The lowest BCUT2D eigenvalue weighted by molar-refractivity contribution is -0.691. The van der Waals surface area contributed by atoms with Crippen LogP contribution in [0.5, 0.6) is 5.75 Å². The van der Waals surface area contributed by atoms with Crippen LogP contribution in [0.3, 0.4) is 0 Å². The standard InChI is InChI=1S/C30H30ClN9O11S2/c1-12(28(46)47)51-37-21(22-24(31)53-30(33)36-22)19(43)5-14-26(45)40-23(29(48)49)13(10-52-27(14)40)7-38-8-15(25(32)35-11-38)34-4-2-3-17(41)16-6-18(42)20(44)9-39(16)50/h6,8-9,11-12,14,27,32,34,50H,2-5,7,10H2,1H3,(H5,33,36,44,46,47,48,49)/p+1/b37-21+/t12-,14+,27?/m0/s1. The maximum atomic E-state index is 13.4. The smallest absolute Gasteiger partial charge is 0.352 e. The van der Waals surface area contributed by atoms with Crippen molar-refractivity contribution in [1.29, 1.82) is 0 Å². The Hall–Kier alpha value is -5.74. The van der Waals surface area contributed by atoms with Crippen LogP contribution >= 0.6 is 34.7 Å². The fourth-order valence-corrected chi connectivity index (χ4v) is 7.67. The second-order valence-corrected chi connectivity index (χ2v) is 14.4. The monoisotopic (exact) mass is 792 g/mol. The number of β-lactam (4-membered cyclic amide) rings is 1. The molecule has 2 aliphatic rings. The Balaban J connectivity index is 1.25. The Labute approximate surface area is 311 Å². The number of ketones is 2. The van der Waals surface area contributed by atoms with Crippen LogP contribution in [0.25, 0.3) is 0 Å². The lowest BCUT2D eigenvalue weighted by atomic mass is 9.89. The molecule has 3 aromatic rings. The largest absolute Gasteiger partial charge is 0.503 e. The topological polar surface area (TPSA) is 307 Å². The van der Waals surface area contributed by atoms with Crippen LogP contribution < -0.4 is 26.8 Å². The van der Waals surface area contributed by atoms with Gasteiger partial charge in [0.15, 0.2) is 28.2 Å². The van der Waals surface area contributed by atoms with Gasteiger partial charge >= 0.3 is 11.9 Å². The molecule has 0 radical (unpaired) electrons. The molecule has 9 N–H and O–H groups in total. The van der Waals surface area contributed by atoms with Gasteiger partial charge in [-0.15, -0.1) is 11.8 Å². The molecule has 20 nitrogen and oxygen atoms in total. The van der Waals surface area contributed by atoms with Gasteiger partial charge in [-0.2, -0.15) is 4.73 Å². The number of oxime groups is 1. The van der Waals surface area contributed by atoms with Gasteiger partial charge in [0.25, 0.3) is 12.1 Å². The van der Waals surface area contributed by atoms with Crippen LogP contribution in [0.2, 0.25) is 4.34 Å². The zero-order chi connectivity index (χ0) is 38.7. The number of nitrogens with two attached hydrogens (primary N) is 2. The number of nitrogens with one attached hydrogen (secondary N) is 1. The number of rotatable bonds is 16. The van der Waals surface area contributed by atoms with Crippen LogP contribution in [0.1, 0.15) is 42.4 Å². The number of nitrogen functional groups attached to an aromatic ring is 2. The molecule has 0 saturated carbocycles. The number of pyridine rings is 1. The lowest BCUT2D eigenvalue weighted by Crippen LogP contribution is -2.62. The van der Waals surface area contributed by atoms with E-state index in [0.717, 1.165) is 28.5 Å². The van der Waals surface area contributed by atoms with Crippen LogP contribution in [-0.4, -0.2) is 99.0 Å². The number of hydrogen-bond acceptors (Lipinski definition) is 17. The van der Waals surface area contributed by atoms with Crippen LogP contribution in [0, 0.1) is 5.92 Å². The number of carboxylic acid groups (broad SMARTS) is 2. The molecular weight excluding hydrogens is 762 g/mol. The Bertz CT molecular complexity index is 2140. The molecule has 1 unspecified atom stereocenters. The third-order valence-corrected chi connectivity index (χ3v) is 10.5. The van der Waals surface area contributed by atoms with Crippen molar-refractivity contribution >= 4 is 86.5 Å². The number of halogens is 1. The van der Waals surface area contributed by atoms with E-state index >= 15 is 0 Å². The predicted molar refractivity (Wildman–Crippen MR) is 188 cm³/mol. The number of thiazole rings is 1. The number of nitrogens with zero attached hydrogens (tertiary/aromatic N) is 6. The summed E-state index contributed by atoms with van der Waals surface area (Å²) in [4.78, 5) is 88.9. The van der Waals surface area contributed by atoms with Gasteiger partial charge in [-0.3, -0.25) is 24.1 Å². The molecule has 0 aromatic carbocycles. The zero-order valence-electron chi connectivity index (χ0n) is 27.5. The maximum absolute atomic E-state index is 13.4. The van der Waals surface area contributed by atoms with E-state index in [-0.39, 0.29) is 64.1 Å². The molecule has 1 saturated heterocycles. The Kier molecular flexibility index (Phi) is 11.5. The molecular formula is C30H31ClN9O11S2+. The summed E-state index contributed by atoms with van der Waals surface area (Å²) in [5, 5.41) is 44.6. The Morgan fingerprint density at radius 1 is 1.25 bits per heavy atom. The molecule has 0 spiro atoms. The van der Waals surface area contributed by atoms with E-state index in [1.807, 2.05) is 0 Å². The van der Waals surface area contributed by atoms with E-state index in [1.54, 1.807) is 10.8 Å². The van der Waals surface area contributed by atoms with Gasteiger partial charge in [0, 0.05) is 36.8 Å². The van der Waals surface area contributed by atoms with Crippen molar-refractivity contribution in [2.24, 2.45) is 11.1 Å². The number of anilines is 3. The predicted octanol–water partition coefficient (Wildman–Crippen LogP) is 0.546. The van der Waals surface area contributed by atoms with Gasteiger partial charge in [-0.25, -0.2) is 19.1 Å². The van der Waals surface area contributed by atoms with Crippen LogP contribution in [0.15, 0.2) is 46.0 Å². The second-order valence-electron chi connectivity index (χ2n) is 11.7. The van der Waals surface area contributed by atoms with Crippen molar-refractivity contribution in [2.75, 3.05) is 29.1 Å². The first-order chi connectivity index (χ1) is 25.1. The van der Waals surface area contributed by atoms with E-state index in [1.165, 1.54) is 25.0 Å². The summed E-state index contributed by atoms with van der Waals surface area (Å²) in [6.45, 7) is 1.41. The number of amides is 1. The van der Waals surface area contributed by atoms with E-state index in [9.17, 15) is 44.2 Å². The Morgan fingerprint density at radius 3 is 2.64 bits per heavy atom. The van der Waals surface area contributed by atoms with Gasteiger partial charge in [0.2, 0.25) is 17.4 Å². The second kappa shape index (κ2) is 15.9. The molecule has 3 aromatic heterocycles. The molecule has 53 heavy (non-hydrogen) atoms. The molecule has 0 bridgehead atoms. The Morgan fingerprint density at radius 2 is 1.98 bits per heavy atom. The van der Waals surface area contributed by atoms with Crippen molar-refractivity contribution in [2.45, 2.75) is 44.2 Å². The summed E-state index contributed by atoms with van der Waals surface area (Å²) in [6.07, 6.45) is 2.00. The van der Waals surface area contributed by atoms with Crippen molar-refractivity contribution in [1.82, 2.24) is 19.6 Å². The molecule has 0 aliphatic carbocycles. The van der Waals surface area contributed by atoms with Crippen molar-refractivity contribution in [3.8, 4) is 5.75 Å². The summed E-state index contributed by atoms with van der Waals surface area (Å²) < 4.78 is 1.92. The number of carbonyl (C=O) groups is 5. The number of hydrogen-bond donors (Lipinski definition) is 7. The quantitative estimate of drug-likeness (QED) is 0.0198. The number of thioether (sulfide) groups is 1. The summed E-state index contributed by atoms with van der Waals surface area (Å²) >= 11 is 8.28. The van der Waals surface area contributed by atoms with Crippen molar-refractivity contribution in [3.05, 3.63) is 62.0 Å².